The van der Waals surface area contributed by atoms with Gasteiger partial charge in [0.2, 0.25) is 6.54 Å². The van der Waals surface area contributed by atoms with E-state index in [1.807, 2.05) is 25.7 Å². The fourth-order valence-electron chi connectivity index (χ4n) is 4.49. The molecule has 2 fully saturated rings. The van der Waals surface area contributed by atoms with Gasteiger partial charge in [-0.05, 0) is 40.1 Å². The van der Waals surface area contributed by atoms with Crippen molar-refractivity contribution < 1.29 is 28.0 Å². The van der Waals surface area contributed by atoms with E-state index >= 15 is 0 Å². The topological polar surface area (TPSA) is 66.2 Å². The lowest BCUT2D eigenvalue weighted by Gasteiger charge is -2.44. The minimum atomic E-state index is -1.38. The van der Waals surface area contributed by atoms with Gasteiger partial charge in [-0.15, -0.1) is 0 Å². The lowest BCUT2D eigenvalue weighted by atomic mass is 10.0. The van der Waals surface area contributed by atoms with Gasteiger partial charge < -0.3 is 37.7 Å². The van der Waals surface area contributed by atoms with E-state index in [1.165, 1.54) is 11.3 Å². The van der Waals surface area contributed by atoms with Crippen molar-refractivity contribution in [3.8, 4) is 0 Å². The molecule has 3 rings (SSSR count). The Balaban J connectivity index is 1.71. The van der Waals surface area contributed by atoms with Crippen LogP contribution in [0.2, 0.25) is 0 Å². The molecule has 0 amide bonds. The van der Waals surface area contributed by atoms with Gasteiger partial charge in [0.1, 0.15) is 24.9 Å². The van der Waals surface area contributed by atoms with E-state index in [4.69, 9.17) is 34.6 Å². The van der Waals surface area contributed by atoms with E-state index in [2.05, 4.69) is 40.9 Å². The molecule has 0 aromatic heterocycles. The van der Waals surface area contributed by atoms with Crippen LogP contribution in [0, 0.1) is 13.5 Å². The molecule has 0 spiro atoms. The Bertz CT molecular complexity index is 812. The fourth-order valence-corrected chi connectivity index (χ4v) is 5.67. The van der Waals surface area contributed by atoms with Crippen molar-refractivity contribution in [2.24, 2.45) is 0 Å². The number of benzene rings is 1. The number of ether oxygens (including phenoxy) is 4. The van der Waals surface area contributed by atoms with Gasteiger partial charge in [0, 0.05) is 45.8 Å². The molecule has 0 N–H and O–H groups in total. The zero-order chi connectivity index (χ0) is 25.4. The molecule has 0 saturated carbocycles. The summed E-state index contributed by atoms with van der Waals surface area (Å²) in [5, 5.41) is 0. The van der Waals surface area contributed by atoms with Crippen LogP contribution in [0.3, 0.4) is 0 Å². The standard InChI is InChI=1S/C25H40N3O6P/c1-19-8-10-21(11-9-19)28-15-12-25(30-7,13-16-28)33-23-20(2)32-22(18-29-6)24(23)34-35(27(4)5)31-17-14-26-3/h8-11,20,22-24H,12-18H2,1-2,4-7H3. The predicted molar refractivity (Wildman–Crippen MR) is 136 cm³/mol. The average Bonchev–Trinajstić information content (AvgIpc) is 3.13. The predicted octanol–water partition coefficient (Wildman–Crippen LogP) is 3.87. The molecule has 0 bridgehead atoms. The molecule has 0 radical (unpaired) electrons. The van der Waals surface area contributed by atoms with Crippen LogP contribution in [0.4, 0.5) is 5.69 Å². The summed E-state index contributed by atoms with van der Waals surface area (Å²) < 4.78 is 38.6. The molecular formula is C25H40N3O6P. The van der Waals surface area contributed by atoms with Gasteiger partial charge in [0.15, 0.2) is 5.79 Å². The molecule has 0 aliphatic carbocycles. The molecule has 1 aromatic rings. The van der Waals surface area contributed by atoms with E-state index in [0.717, 1.165) is 25.9 Å². The Morgan fingerprint density at radius 1 is 1.17 bits per heavy atom. The number of hydrogen-bond donors (Lipinski definition) is 0. The summed E-state index contributed by atoms with van der Waals surface area (Å²) in [4.78, 5) is 5.74. The first kappa shape index (κ1) is 28.2. The summed E-state index contributed by atoms with van der Waals surface area (Å²) in [5.41, 5.74) is 2.47. The molecular weight excluding hydrogens is 469 g/mol. The van der Waals surface area contributed by atoms with Crippen molar-refractivity contribution in [1.29, 1.82) is 0 Å². The number of hydrogen-bond acceptors (Lipinski definition) is 8. The second-order valence-electron chi connectivity index (χ2n) is 9.22. The van der Waals surface area contributed by atoms with Crippen molar-refractivity contribution in [3.63, 3.8) is 0 Å². The van der Waals surface area contributed by atoms with E-state index in [-0.39, 0.29) is 18.3 Å². The Morgan fingerprint density at radius 3 is 2.43 bits per heavy atom. The Morgan fingerprint density at radius 2 is 1.86 bits per heavy atom. The lowest BCUT2D eigenvalue weighted by molar-refractivity contribution is -0.268. The fraction of sp³-hybridized carbons (Fsp3) is 0.720. The van der Waals surface area contributed by atoms with Gasteiger partial charge in [0.05, 0.1) is 12.7 Å². The molecule has 5 atom stereocenters. The van der Waals surface area contributed by atoms with Crippen molar-refractivity contribution >= 4 is 14.2 Å². The molecule has 35 heavy (non-hydrogen) atoms. The molecule has 2 aliphatic rings. The highest BCUT2D eigenvalue weighted by atomic mass is 31.2. The highest BCUT2D eigenvalue weighted by molar-refractivity contribution is 7.44. The maximum atomic E-state index is 7.01. The van der Waals surface area contributed by atoms with Crippen molar-refractivity contribution in [2.75, 3.05) is 66.1 Å². The van der Waals surface area contributed by atoms with Crippen molar-refractivity contribution in [3.05, 3.63) is 41.2 Å². The third-order valence-electron chi connectivity index (χ3n) is 6.46. The largest absolute Gasteiger partial charge is 0.382 e. The Labute approximate surface area is 211 Å². The maximum Gasteiger partial charge on any atom is 0.258 e. The van der Waals surface area contributed by atoms with Gasteiger partial charge in [-0.25, -0.2) is 11.2 Å². The van der Waals surface area contributed by atoms with Crippen LogP contribution in [-0.4, -0.2) is 96.0 Å². The van der Waals surface area contributed by atoms with Crippen LogP contribution in [0.5, 0.6) is 0 Å². The maximum absolute atomic E-state index is 7.01. The summed E-state index contributed by atoms with van der Waals surface area (Å²) in [7, 11) is 5.79. The van der Waals surface area contributed by atoms with Gasteiger partial charge >= 0.3 is 0 Å². The van der Waals surface area contributed by atoms with Crippen molar-refractivity contribution in [1.82, 2.24) is 4.67 Å². The van der Waals surface area contributed by atoms with Crippen molar-refractivity contribution in [2.45, 2.75) is 56.9 Å². The quantitative estimate of drug-likeness (QED) is 0.182. The van der Waals surface area contributed by atoms with Crippen LogP contribution in [0.1, 0.15) is 25.3 Å². The minimum absolute atomic E-state index is 0.204. The molecule has 9 nitrogen and oxygen atoms in total. The molecule has 1 aromatic carbocycles. The summed E-state index contributed by atoms with van der Waals surface area (Å²) in [6.45, 7) is 13.8. The number of nitrogens with zero attached hydrogens (tertiary/aromatic N) is 3. The zero-order valence-corrected chi connectivity index (χ0v) is 22.7. The Kier molecular flexibility index (Phi) is 10.7. The van der Waals surface area contributed by atoms with E-state index in [0.29, 0.717) is 19.8 Å². The van der Waals surface area contributed by atoms with Crippen LogP contribution in [0.25, 0.3) is 4.85 Å². The number of piperidine rings is 1. The molecule has 2 aliphatic heterocycles. The first-order valence-electron chi connectivity index (χ1n) is 12.1. The lowest BCUT2D eigenvalue weighted by Crippen LogP contribution is -2.52. The Hall–Kier alpha value is -1.34. The summed E-state index contributed by atoms with van der Waals surface area (Å²) >= 11 is 0. The summed E-state index contributed by atoms with van der Waals surface area (Å²) in [6.07, 6.45) is 0.211. The molecule has 10 heteroatoms. The van der Waals surface area contributed by atoms with Crippen LogP contribution < -0.4 is 4.90 Å². The van der Waals surface area contributed by atoms with Gasteiger partial charge in [-0.1, -0.05) is 17.7 Å². The highest BCUT2D eigenvalue weighted by Crippen LogP contribution is 2.46. The van der Waals surface area contributed by atoms with Gasteiger partial charge in [0.25, 0.3) is 8.53 Å². The first-order valence-corrected chi connectivity index (χ1v) is 13.2. The van der Waals surface area contributed by atoms with Crippen LogP contribution >= 0.6 is 8.53 Å². The number of anilines is 1. The van der Waals surface area contributed by atoms with Gasteiger partial charge in [-0.2, -0.15) is 0 Å². The first-order chi connectivity index (χ1) is 16.8. The van der Waals surface area contributed by atoms with Gasteiger partial charge in [-0.3, -0.25) is 0 Å². The molecule has 5 unspecified atom stereocenters. The molecule has 2 heterocycles. The van der Waals surface area contributed by atoms with Crippen LogP contribution in [-0.2, 0) is 28.0 Å². The third kappa shape index (κ3) is 7.34. The smallest absolute Gasteiger partial charge is 0.258 e. The average molecular weight is 510 g/mol. The van der Waals surface area contributed by atoms with E-state index in [1.54, 1.807) is 14.2 Å². The summed E-state index contributed by atoms with van der Waals surface area (Å²) in [5.74, 6) is -0.723. The number of methoxy groups -OCH3 is 2. The third-order valence-corrected chi connectivity index (χ3v) is 7.94. The van der Waals surface area contributed by atoms with Crippen LogP contribution in [0.15, 0.2) is 24.3 Å². The molecule has 2 saturated heterocycles. The number of rotatable bonds is 12. The monoisotopic (exact) mass is 509 g/mol. The van der Waals surface area contributed by atoms with E-state index < -0.39 is 20.4 Å². The second-order valence-corrected chi connectivity index (χ2v) is 11.0. The minimum Gasteiger partial charge on any atom is -0.382 e. The normalized spacial score (nSPS) is 27.2. The molecule has 196 valence electrons. The SMILES string of the molecule is [C-]#[N+]CCOP(OC1C(COC)OC(C)C1OC1(OC)CCN(c2ccc(C)cc2)CC1)N(C)C. The second kappa shape index (κ2) is 13.3. The highest BCUT2D eigenvalue weighted by Gasteiger charge is 2.50. The number of aryl methyl sites for hydroxylation is 1. The van der Waals surface area contributed by atoms with E-state index in [9.17, 15) is 0 Å². The zero-order valence-electron chi connectivity index (χ0n) is 21.8. The summed E-state index contributed by atoms with van der Waals surface area (Å²) in [6, 6.07) is 8.62.